The number of halogens is 1. The Morgan fingerprint density at radius 2 is 2.00 bits per heavy atom. The van der Waals surface area contributed by atoms with Crippen molar-refractivity contribution < 1.29 is 9.53 Å². The number of aromatic nitrogens is 1. The largest absolute Gasteiger partial charge is 0.444 e. The molecule has 0 atom stereocenters. The first-order valence-electron chi connectivity index (χ1n) is 8.44. The molecular weight excluding hydrogens is 354 g/mol. The van der Waals surface area contributed by atoms with E-state index in [2.05, 4.69) is 9.83 Å². The summed E-state index contributed by atoms with van der Waals surface area (Å²) in [6, 6.07) is 2.04. The van der Waals surface area contributed by atoms with Crippen LogP contribution in [0, 0.1) is 17.9 Å². The molecule has 7 nitrogen and oxygen atoms in total. The number of rotatable bonds is 2. The minimum absolute atomic E-state index is 0.112. The summed E-state index contributed by atoms with van der Waals surface area (Å²) in [7, 11) is 0. The van der Waals surface area contributed by atoms with Gasteiger partial charge < -0.3 is 14.5 Å². The number of hydrogen-bond donors (Lipinski definition) is 0. The van der Waals surface area contributed by atoms with Gasteiger partial charge in [0, 0.05) is 26.2 Å². The van der Waals surface area contributed by atoms with E-state index >= 15 is 0 Å². The van der Waals surface area contributed by atoms with Crippen molar-refractivity contribution in [3.05, 3.63) is 27.7 Å². The van der Waals surface area contributed by atoms with Gasteiger partial charge in [-0.2, -0.15) is 5.26 Å². The number of ether oxygens (including phenoxy) is 1. The van der Waals surface area contributed by atoms with Gasteiger partial charge in [0.05, 0.1) is 12.1 Å². The molecule has 0 saturated carbocycles. The molecule has 0 spiro atoms. The smallest absolute Gasteiger partial charge is 0.410 e. The lowest BCUT2D eigenvalue weighted by atomic mass is 10.1. The number of carbonyl (C=O) groups is 1. The van der Waals surface area contributed by atoms with Crippen LogP contribution < -0.4 is 4.90 Å². The Labute approximate surface area is 158 Å². The van der Waals surface area contributed by atoms with Gasteiger partial charge in [0.1, 0.15) is 22.6 Å². The minimum atomic E-state index is -0.538. The molecule has 0 bridgehead atoms. The molecular formula is C18H22ClN5O2. The summed E-state index contributed by atoms with van der Waals surface area (Å²) in [5, 5.41) is 9.40. The molecule has 1 saturated heterocycles. The summed E-state index contributed by atoms with van der Waals surface area (Å²) in [5.41, 5.74) is 0.700. The molecule has 2 rings (SSSR count). The number of pyridine rings is 1. The van der Waals surface area contributed by atoms with E-state index in [4.69, 9.17) is 22.9 Å². The van der Waals surface area contributed by atoms with E-state index in [1.165, 1.54) is 0 Å². The maximum atomic E-state index is 12.2. The highest BCUT2D eigenvalue weighted by atomic mass is 35.5. The number of carbonyl (C=O) groups excluding carboxylic acids is 1. The maximum Gasteiger partial charge on any atom is 0.410 e. The van der Waals surface area contributed by atoms with E-state index in [0.717, 1.165) is 0 Å². The van der Waals surface area contributed by atoms with Crippen LogP contribution >= 0.6 is 11.6 Å². The van der Waals surface area contributed by atoms with E-state index in [0.29, 0.717) is 49.7 Å². The number of piperazine rings is 1. The third-order valence-electron chi connectivity index (χ3n) is 4.02. The van der Waals surface area contributed by atoms with Crippen molar-refractivity contribution in [2.75, 3.05) is 31.1 Å². The molecule has 0 radical (unpaired) electrons. The van der Waals surface area contributed by atoms with Crippen LogP contribution in [-0.4, -0.2) is 47.8 Å². The van der Waals surface area contributed by atoms with Crippen LogP contribution in [0.15, 0.2) is 0 Å². The van der Waals surface area contributed by atoms with Crippen LogP contribution in [-0.2, 0) is 11.2 Å². The van der Waals surface area contributed by atoms with Crippen molar-refractivity contribution in [1.82, 2.24) is 9.88 Å². The Morgan fingerprint density at radius 1 is 1.38 bits per heavy atom. The molecule has 0 aromatic carbocycles. The lowest BCUT2D eigenvalue weighted by molar-refractivity contribution is 0.0240. The fourth-order valence-corrected chi connectivity index (χ4v) is 3.04. The number of nitriles is 1. The molecule has 2 heterocycles. The first-order valence-corrected chi connectivity index (χ1v) is 8.82. The predicted octanol–water partition coefficient (Wildman–Crippen LogP) is 3.78. The van der Waals surface area contributed by atoms with Gasteiger partial charge in [0.15, 0.2) is 0 Å². The zero-order valence-corrected chi connectivity index (χ0v) is 16.2. The van der Waals surface area contributed by atoms with Crippen molar-refractivity contribution in [3.63, 3.8) is 0 Å². The Kier molecular flexibility index (Phi) is 5.94. The number of anilines is 1. The number of hydrogen-bond acceptors (Lipinski definition) is 5. The van der Waals surface area contributed by atoms with Crippen molar-refractivity contribution in [2.24, 2.45) is 0 Å². The minimum Gasteiger partial charge on any atom is -0.444 e. The van der Waals surface area contributed by atoms with Crippen LogP contribution in [0.5, 0.6) is 0 Å². The number of nitrogens with zero attached hydrogens (tertiary/aromatic N) is 5. The van der Waals surface area contributed by atoms with Crippen LogP contribution in [0.4, 0.5) is 16.3 Å². The average molecular weight is 376 g/mol. The molecule has 138 valence electrons. The van der Waals surface area contributed by atoms with E-state index in [9.17, 15) is 10.1 Å². The van der Waals surface area contributed by atoms with E-state index in [1.807, 2.05) is 38.7 Å². The molecule has 1 fully saturated rings. The van der Waals surface area contributed by atoms with E-state index in [1.54, 1.807) is 4.90 Å². The maximum absolute atomic E-state index is 12.2. The van der Waals surface area contributed by atoms with Crippen molar-refractivity contribution in [3.8, 4) is 6.07 Å². The lowest BCUT2D eigenvalue weighted by Gasteiger charge is -2.36. The van der Waals surface area contributed by atoms with Gasteiger partial charge in [-0.05, 0) is 32.8 Å². The Hall–Kier alpha value is -2.51. The fourth-order valence-electron chi connectivity index (χ4n) is 2.80. The average Bonchev–Trinajstić information content (AvgIpc) is 2.59. The summed E-state index contributed by atoms with van der Waals surface area (Å²) in [6.45, 7) is 16.9. The SMILES string of the molecule is [C-]#[N+]c1c(N2CCN(C(=O)OC(C)(C)C)CC2)nc(Cl)c(C#N)c1CC. The lowest BCUT2D eigenvalue weighted by Crippen LogP contribution is -2.50. The third kappa shape index (κ3) is 4.17. The normalized spacial score (nSPS) is 14.6. The summed E-state index contributed by atoms with van der Waals surface area (Å²) in [6.07, 6.45) is 0.177. The second-order valence-corrected chi connectivity index (χ2v) is 7.32. The zero-order chi connectivity index (χ0) is 19.5. The molecule has 26 heavy (non-hydrogen) atoms. The molecule has 1 aliphatic heterocycles. The van der Waals surface area contributed by atoms with Crippen molar-refractivity contribution in [1.29, 1.82) is 5.26 Å². The summed E-state index contributed by atoms with van der Waals surface area (Å²) in [5.74, 6) is 0.477. The van der Waals surface area contributed by atoms with E-state index < -0.39 is 5.60 Å². The van der Waals surface area contributed by atoms with Gasteiger partial charge in [-0.15, -0.1) is 0 Å². The monoisotopic (exact) mass is 375 g/mol. The third-order valence-corrected chi connectivity index (χ3v) is 4.29. The van der Waals surface area contributed by atoms with Gasteiger partial charge in [-0.3, -0.25) is 0 Å². The van der Waals surface area contributed by atoms with Crippen LogP contribution in [0.3, 0.4) is 0 Å². The summed E-state index contributed by atoms with van der Waals surface area (Å²) >= 11 is 6.17. The van der Waals surface area contributed by atoms with Gasteiger partial charge in [0.2, 0.25) is 5.69 Å². The van der Waals surface area contributed by atoms with E-state index in [-0.39, 0.29) is 16.8 Å². The predicted molar refractivity (Wildman–Crippen MR) is 99.6 cm³/mol. The van der Waals surface area contributed by atoms with Gasteiger partial charge in [-0.1, -0.05) is 18.5 Å². The highest BCUT2D eigenvalue weighted by Crippen LogP contribution is 2.36. The molecule has 8 heteroatoms. The van der Waals surface area contributed by atoms with Crippen LogP contribution in [0.25, 0.3) is 4.85 Å². The molecule has 1 amide bonds. The van der Waals surface area contributed by atoms with Gasteiger partial charge >= 0.3 is 6.09 Å². The van der Waals surface area contributed by atoms with Crippen molar-refractivity contribution in [2.45, 2.75) is 39.7 Å². The van der Waals surface area contributed by atoms with Crippen LogP contribution in [0.2, 0.25) is 5.15 Å². The summed E-state index contributed by atoms with van der Waals surface area (Å²) in [4.78, 5) is 23.7. The second-order valence-electron chi connectivity index (χ2n) is 6.96. The molecule has 0 aliphatic carbocycles. The molecule has 0 unspecified atom stereocenters. The standard InChI is InChI=1S/C18H22ClN5O2/c1-6-12-13(11-20)15(19)22-16(14(12)21-5)23-7-9-24(10-8-23)17(25)26-18(2,3)4/h6-10H2,1-4H3. The molecule has 1 aliphatic rings. The first-order chi connectivity index (χ1) is 12.2. The van der Waals surface area contributed by atoms with Crippen LogP contribution in [0.1, 0.15) is 38.8 Å². The quantitative estimate of drug-likeness (QED) is 0.581. The Morgan fingerprint density at radius 3 is 2.46 bits per heavy atom. The van der Waals surface area contributed by atoms with Crippen molar-refractivity contribution >= 4 is 29.2 Å². The highest BCUT2D eigenvalue weighted by molar-refractivity contribution is 6.31. The molecule has 0 N–H and O–H groups in total. The Balaban J connectivity index is 2.23. The fraction of sp³-hybridized carbons (Fsp3) is 0.556. The first kappa shape index (κ1) is 19.8. The van der Waals surface area contributed by atoms with Gasteiger partial charge in [-0.25, -0.2) is 14.6 Å². The molecule has 1 aromatic rings. The van der Waals surface area contributed by atoms with Gasteiger partial charge in [0.25, 0.3) is 0 Å². The number of amides is 1. The Bertz CT molecular complexity index is 781. The zero-order valence-electron chi connectivity index (χ0n) is 15.5. The second kappa shape index (κ2) is 7.80. The summed E-state index contributed by atoms with van der Waals surface area (Å²) < 4.78 is 5.40. The topological polar surface area (TPSA) is 73.8 Å². The molecule has 1 aromatic heterocycles. The highest BCUT2D eigenvalue weighted by Gasteiger charge is 2.29.